The zero-order valence-corrected chi connectivity index (χ0v) is 21.7. The highest BCUT2D eigenvalue weighted by atomic mass is 16.2. The maximum atomic E-state index is 12.3. The van der Waals surface area contributed by atoms with Gasteiger partial charge in [-0.2, -0.15) is 5.26 Å². The Labute approximate surface area is 227 Å². The smallest absolute Gasteiger partial charge is 0.251 e. The Balaban J connectivity index is 1.30. The number of piperazine rings is 1. The number of fused-ring (bicyclic) bond motifs is 1. The second kappa shape index (κ2) is 11.6. The number of nitrogens with one attached hydrogen (secondary N) is 2. The number of hydrogen-bond acceptors (Lipinski definition) is 7. The summed E-state index contributed by atoms with van der Waals surface area (Å²) in [5, 5.41) is 15.6. The van der Waals surface area contributed by atoms with E-state index >= 15 is 0 Å². The number of para-hydroxylation sites is 1. The van der Waals surface area contributed by atoms with Crippen LogP contribution in [-0.2, 0) is 4.79 Å². The van der Waals surface area contributed by atoms with Gasteiger partial charge in [-0.1, -0.05) is 30.3 Å². The van der Waals surface area contributed by atoms with Gasteiger partial charge in [-0.15, -0.1) is 0 Å². The summed E-state index contributed by atoms with van der Waals surface area (Å²) in [6, 6.07) is 23.5. The largest absolute Gasteiger partial charge is 0.368 e. The molecule has 39 heavy (non-hydrogen) atoms. The number of nitrogens with zero attached hydrogens (tertiary/aromatic N) is 5. The maximum absolute atomic E-state index is 12.3. The van der Waals surface area contributed by atoms with Crippen LogP contribution in [0.2, 0.25) is 0 Å². The van der Waals surface area contributed by atoms with Crippen LogP contribution in [0.4, 0.5) is 17.3 Å². The lowest BCUT2D eigenvalue weighted by atomic mass is 10.0. The molecule has 4 aromatic rings. The maximum Gasteiger partial charge on any atom is 0.251 e. The van der Waals surface area contributed by atoms with E-state index in [4.69, 9.17) is 10.2 Å². The Bertz CT molecular complexity index is 1520. The molecule has 1 aromatic heterocycles. The van der Waals surface area contributed by atoms with Crippen LogP contribution in [0.25, 0.3) is 22.0 Å². The van der Waals surface area contributed by atoms with Gasteiger partial charge in [0.2, 0.25) is 11.9 Å². The Hall–Kier alpha value is -4.97. The zero-order chi connectivity index (χ0) is 27.2. The van der Waals surface area contributed by atoms with Crippen molar-refractivity contribution in [3.8, 4) is 17.2 Å². The molecule has 0 unspecified atom stereocenters. The fourth-order valence-corrected chi connectivity index (χ4v) is 4.65. The van der Waals surface area contributed by atoms with Crippen molar-refractivity contribution in [2.24, 2.45) is 0 Å². The van der Waals surface area contributed by atoms with Gasteiger partial charge < -0.3 is 20.4 Å². The van der Waals surface area contributed by atoms with Crippen molar-refractivity contribution in [1.82, 2.24) is 20.2 Å². The SMILES string of the molecule is CC(=O)N1CCN(c2ccc(Nc3ncc4cccc(-c5ccc(C(=O)NCCC#N)cc5)c4n3)cc2)CC1. The molecular formula is C30H29N7O2. The molecule has 5 rings (SSSR count). The summed E-state index contributed by atoms with van der Waals surface area (Å²) < 4.78 is 0. The molecule has 0 bridgehead atoms. The molecule has 2 amide bonds. The van der Waals surface area contributed by atoms with E-state index in [2.05, 4.69) is 32.7 Å². The van der Waals surface area contributed by atoms with Crippen molar-refractivity contribution < 1.29 is 9.59 Å². The first-order chi connectivity index (χ1) is 19.0. The van der Waals surface area contributed by atoms with E-state index in [1.807, 2.05) is 53.4 Å². The van der Waals surface area contributed by atoms with Crippen LogP contribution < -0.4 is 15.5 Å². The van der Waals surface area contributed by atoms with Gasteiger partial charge in [-0.3, -0.25) is 9.59 Å². The summed E-state index contributed by atoms with van der Waals surface area (Å²) in [5.41, 5.74) is 5.22. The summed E-state index contributed by atoms with van der Waals surface area (Å²) in [6.45, 7) is 5.05. The third-order valence-corrected chi connectivity index (χ3v) is 6.80. The van der Waals surface area contributed by atoms with E-state index in [0.717, 1.165) is 59.6 Å². The highest BCUT2D eigenvalue weighted by molar-refractivity contribution is 5.97. The van der Waals surface area contributed by atoms with Gasteiger partial charge in [-0.25, -0.2) is 9.97 Å². The first-order valence-electron chi connectivity index (χ1n) is 12.9. The molecule has 1 saturated heterocycles. The third kappa shape index (κ3) is 5.96. The summed E-state index contributed by atoms with van der Waals surface area (Å²) in [4.78, 5) is 37.3. The standard InChI is InChI=1S/C30H29N7O2/c1-21(38)36-16-18-37(19-17-36)26-12-10-25(11-13-26)34-30-33-20-24-4-2-5-27(28(24)35-30)22-6-8-23(9-7-22)29(39)32-15-3-14-31/h2,4-13,20H,3,15-19H2,1H3,(H,32,39)(H,33,34,35). The second-order valence-corrected chi connectivity index (χ2v) is 9.34. The first kappa shape index (κ1) is 25.7. The van der Waals surface area contributed by atoms with Crippen LogP contribution in [0.3, 0.4) is 0 Å². The number of anilines is 3. The topological polar surface area (TPSA) is 114 Å². The Morgan fingerprint density at radius 1 is 0.974 bits per heavy atom. The lowest BCUT2D eigenvalue weighted by molar-refractivity contribution is -0.129. The summed E-state index contributed by atoms with van der Waals surface area (Å²) in [5.74, 6) is 0.416. The molecule has 2 heterocycles. The summed E-state index contributed by atoms with van der Waals surface area (Å²) in [6.07, 6.45) is 2.08. The van der Waals surface area contributed by atoms with Gasteiger partial charge in [-0.05, 0) is 42.0 Å². The van der Waals surface area contributed by atoms with E-state index in [1.165, 1.54) is 0 Å². The molecule has 0 aliphatic carbocycles. The average Bonchev–Trinajstić information content (AvgIpc) is 2.97. The second-order valence-electron chi connectivity index (χ2n) is 9.34. The minimum Gasteiger partial charge on any atom is -0.368 e. The van der Waals surface area contributed by atoms with E-state index in [-0.39, 0.29) is 18.2 Å². The van der Waals surface area contributed by atoms with Crippen LogP contribution in [-0.4, -0.2) is 59.4 Å². The molecular weight excluding hydrogens is 490 g/mol. The summed E-state index contributed by atoms with van der Waals surface area (Å²) >= 11 is 0. The number of carbonyl (C=O) groups excluding carboxylic acids is 2. The Morgan fingerprint density at radius 2 is 1.72 bits per heavy atom. The molecule has 9 nitrogen and oxygen atoms in total. The fraction of sp³-hybridized carbons (Fsp3) is 0.233. The van der Waals surface area contributed by atoms with Crippen molar-refractivity contribution in [1.29, 1.82) is 5.26 Å². The molecule has 3 aromatic carbocycles. The van der Waals surface area contributed by atoms with Crippen LogP contribution in [0.15, 0.2) is 72.9 Å². The molecule has 1 aliphatic heterocycles. The van der Waals surface area contributed by atoms with E-state index < -0.39 is 0 Å². The van der Waals surface area contributed by atoms with Crippen molar-refractivity contribution in [2.75, 3.05) is 42.9 Å². The van der Waals surface area contributed by atoms with Gasteiger partial charge in [0.15, 0.2) is 0 Å². The quantitative estimate of drug-likeness (QED) is 0.349. The van der Waals surface area contributed by atoms with Gasteiger partial charge in [0.05, 0.1) is 18.0 Å². The highest BCUT2D eigenvalue weighted by Crippen LogP contribution is 2.29. The van der Waals surface area contributed by atoms with Crippen molar-refractivity contribution in [3.05, 3.63) is 78.5 Å². The molecule has 0 saturated carbocycles. The number of amides is 2. The number of rotatable bonds is 7. The lowest BCUT2D eigenvalue weighted by Gasteiger charge is -2.35. The van der Waals surface area contributed by atoms with Crippen LogP contribution in [0.1, 0.15) is 23.7 Å². The molecule has 0 atom stereocenters. The molecule has 196 valence electrons. The van der Waals surface area contributed by atoms with Gasteiger partial charge in [0.25, 0.3) is 5.91 Å². The van der Waals surface area contributed by atoms with Gasteiger partial charge in [0.1, 0.15) is 0 Å². The third-order valence-electron chi connectivity index (χ3n) is 6.80. The molecule has 9 heteroatoms. The van der Waals surface area contributed by atoms with E-state index in [9.17, 15) is 9.59 Å². The van der Waals surface area contributed by atoms with Gasteiger partial charge in [0, 0.05) is 73.7 Å². The lowest BCUT2D eigenvalue weighted by Crippen LogP contribution is -2.48. The summed E-state index contributed by atoms with van der Waals surface area (Å²) in [7, 11) is 0. The van der Waals surface area contributed by atoms with Crippen molar-refractivity contribution in [2.45, 2.75) is 13.3 Å². The van der Waals surface area contributed by atoms with Crippen molar-refractivity contribution in [3.63, 3.8) is 0 Å². The zero-order valence-electron chi connectivity index (χ0n) is 21.7. The number of nitriles is 1. The monoisotopic (exact) mass is 519 g/mol. The fourth-order valence-electron chi connectivity index (χ4n) is 4.65. The number of hydrogen-bond donors (Lipinski definition) is 2. The molecule has 0 radical (unpaired) electrons. The minimum atomic E-state index is -0.201. The molecule has 0 spiro atoms. The number of aromatic nitrogens is 2. The number of carbonyl (C=O) groups is 2. The Kier molecular flexibility index (Phi) is 7.64. The van der Waals surface area contributed by atoms with E-state index in [0.29, 0.717) is 18.1 Å². The highest BCUT2D eigenvalue weighted by Gasteiger charge is 2.18. The van der Waals surface area contributed by atoms with E-state index in [1.54, 1.807) is 25.3 Å². The molecule has 1 aliphatic rings. The van der Waals surface area contributed by atoms with Crippen LogP contribution >= 0.6 is 0 Å². The first-order valence-corrected chi connectivity index (χ1v) is 12.9. The molecule has 1 fully saturated rings. The normalized spacial score (nSPS) is 13.1. The average molecular weight is 520 g/mol. The van der Waals surface area contributed by atoms with Crippen LogP contribution in [0, 0.1) is 11.3 Å². The van der Waals surface area contributed by atoms with Crippen LogP contribution in [0.5, 0.6) is 0 Å². The van der Waals surface area contributed by atoms with Crippen molar-refractivity contribution >= 4 is 40.0 Å². The Morgan fingerprint density at radius 3 is 2.41 bits per heavy atom. The minimum absolute atomic E-state index is 0.125. The molecule has 2 N–H and O–H groups in total. The predicted molar refractivity (Wildman–Crippen MR) is 152 cm³/mol. The van der Waals surface area contributed by atoms with Gasteiger partial charge >= 0.3 is 0 Å². The number of benzene rings is 3. The predicted octanol–water partition coefficient (Wildman–Crippen LogP) is 4.35.